The van der Waals surface area contributed by atoms with Crippen LogP contribution in [0.3, 0.4) is 0 Å². The number of carbonyl (C=O) groups excluding carboxylic acids is 1. The summed E-state index contributed by atoms with van der Waals surface area (Å²) in [5.74, 6) is 0.495. The molecular weight excluding hydrogens is 337 g/mol. The number of methoxy groups -OCH3 is 2. The Morgan fingerprint density at radius 1 is 1.08 bits per heavy atom. The van der Waals surface area contributed by atoms with E-state index in [2.05, 4.69) is 10.4 Å². The largest absolute Gasteiger partial charge is 0.496 e. The molecule has 1 heterocycles. The van der Waals surface area contributed by atoms with Crippen molar-refractivity contribution in [1.29, 1.82) is 0 Å². The molecule has 0 unspecified atom stereocenters. The number of halogens is 1. The molecule has 6 nitrogen and oxygen atoms in total. The third-order valence-corrected chi connectivity index (χ3v) is 3.80. The van der Waals surface area contributed by atoms with Crippen molar-refractivity contribution in [2.45, 2.75) is 6.92 Å². The highest BCUT2D eigenvalue weighted by atomic mass is 19.1. The van der Waals surface area contributed by atoms with Gasteiger partial charge in [-0.15, -0.1) is 0 Å². The summed E-state index contributed by atoms with van der Waals surface area (Å²) in [4.78, 5) is 12.8. The molecule has 3 rings (SSSR count). The van der Waals surface area contributed by atoms with Crippen molar-refractivity contribution >= 4 is 11.7 Å². The number of amides is 1. The van der Waals surface area contributed by atoms with Gasteiger partial charge in [-0.25, -0.2) is 9.07 Å². The third-order valence-electron chi connectivity index (χ3n) is 3.80. The van der Waals surface area contributed by atoms with Crippen molar-refractivity contribution in [3.63, 3.8) is 0 Å². The van der Waals surface area contributed by atoms with Gasteiger partial charge in [-0.1, -0.05) is 6.07 Å². The van der Waals surface area contributed by atoms with Gasteiger partial charge in [-0.2, -0.15) is 5.10 Å². The van der Waals surface area contributed by atoms with Crippen molar-refractivity contribution in [3.8, 4) is 17.2 Å². The highest BCUT2D eigenvalue weighted by Gasteiger charge is 2.20. The maximum Gasteiger partial charge on any atom is 0.264 e. The van der Waals surface area contributed by atoms with E-state index in [0.717, 1.165) is 0 Å². The van der Waals surface area contributed by atoms with Crippen molar-refractivity contribution < 1.29 is 18.7 Å². The van der Waals surface area contributed by atoms with E-state index in [1.807, 2.05) is 0 Å². The molecule has 26 heavy (non-hydrogen) atoms. The van der Waals surface area contributed by atoms with E-state index in [1.165, 1.54) is 31.0 Å². The number of rotatable bonds is 5. The summed E-state index contributed by atoms with van der Waals surface area (Å²) in [5.41, 5.74) is 1.61. The summed E-state index contributed by atoms with van der Waals surface area (Å²) in [6, 6.07) is 12.7. The summed E-state index contributed by atoms with van der Waals surface area (Å²) < 4.78 is 25.3. The highest BCUT2D eigenvalue weighted by Crippen LogP contribution is 2.29. The Balaban J connectivity index is 1.98. The first-order chi connectivity index (χ1) is 12.5. The summed E-state index contributed by atoms with van der Waals surface area (Å²) >= 11 is 0. The molecule has 7 heteroatoms. The van der Waals surface area contributed by atoms with Crippen LogP contribution in [-0.4, -0.2) is 29.9 Å². The molecule has 0 saturated carbocycles. The van der Waals surface area contributed by atoms with E-state index in [0.29, 0.717) is 28.7 Å². The lowest BCUT2D eigenvalue weighted by molar-refractivity contribution is 0.102. The van der Waals surface area contributed by atoms with Crippen LogP contribution in [0.1, 0.15) is 16.1 Å². The number of benzene rings is 2. The first-order valence-corrected chi connectivity index (χ1v) is 7.88. The van der Waals surface area contributed by atoms with E-state index in [1.54, 1.807) is 43.3 Å². The van der Waals surface area contributed by atoms with Gasteiger partial charge in [0.25, 0.3) is 5.91 Å². The highest BCUT2D eigenvalue weighted by molar-refractivity contribution is 6.08. The number of ether oxygens (including phenoxy) is 2. The molecule has 134 valence electrons. The van der Waals surface area contributed by atoms with E-state index < -0.39 is 5.91 Å². The summed E-state index contributed by atoms with van der Waals surface area (Å²) in [6.45, 7) is 1.80. The van der Waals surface area contributed by atoms with Crippen LogP contribution in [0.4, 0.5) is 10.2 Å². The summed E-state index contributed by atoms with van der Waals surface area (Å²) in [6.07, 6.45) is 0. The van der Waals surface area contributed by atoms with E-state index in [9.17, 15) is 9.18 Å². The Morgan fingerprint density at radius 2 is 1.69 bits per heavy atom. The van der Waals surface area contributed by atoms with Crippen LogP contribution in [0.2, 0.25) is 0 Å². The monoisotopic (exact) mass is 355 g/mol. The van der Waals surface area contributed by atoms with Crippen LogP contribution >= 0.6 is 0 Å². The fraction of sp³-hybridized carbons (Fsp3) is 0.158. The van der Waals surface area contributed by atoms with Crippen LogP contribution in [0, 0.1) is 12.7 Å². The van der Waals surface area contributed by atoms with Crippen molar-refractivity contribution in [3.05, 3.63) is 65.6 Å². The van der Waals surface area contributed by atoms with Crippen LogP contribution in [0.5, 0.6) is 11.5 Å². The molecule has 0 spiro atoms. The number of carbonyl (C=O) groups is 1. The van der Waals surface area contributed by atoms with Crippen molar-refractivity contribution in [2.24, 2.45) is 0 Å². The Bertz CT molecular complexity index is 913. The normalized spacial score (nSPS) is 10.5. The smallest absolute Gasteiger partial charge is 0.264 e. The first-order valence-electron chi connectivity index (χ1n) is 7.88. The number of nitrogens with zero attached hydrogens (tertiary/aromatic N) is 2. The lowest BCUT2D eigenvalue weighted by atomic mass is 10.1. The van der Waals surface area contributed by atoms with E-state index in [-0.39, 0.29) is 11.4 Å². The molecular formula is C19H18FN3O3. The lowest BCUT2D eigenvalue weighted by Gasteiger charge is -2.13. The number of hydrogen-bond donors (Lipinski definition) is 1. The van der Waals surface area contributed by atoms with Crippen molar-refractivity contribution in [2.75, 3.05) is 19.5 Å². The van der Waals surface area contributed by atoms with Gasteiger partial charge < -0.3 is 14.8 Å². The molecule has 0 aliphatic rings. The zero-order valence-electron chi connectivity index (χ0n) is 14.6. The predicted octanol–water partition coefficient (Wildman–Crippen LogP) is 3.59. The lowest BCUT2D eigenvalue weighted by Crippen LogP contribution is -2.17. The maximum absolute atomic E-state index is 13.2. The Morgan fingerprint density at radius 3 is 2.27 bits per heavy atom. The zero-order valence-corrected chi connectivity index (χ0v) is 14.6. The predicted molar refractivity (Wildman–Crippen MR) is 95.8 cm³/mol. The minimum absolute atomic E-state index is 0.280. The van der Waals surface area contributed by atoms with Crippen LogP contribution in [0.15, 0.2) is 48.5 Å². The van der Waals surface area contributed by atoms with Gasteiger partial charge in [0.1, 0.15) is 28.7 Å². The molecule has 1 aromatic heterocycles. The molecule has 0 atom stereocenters. The van der Waals surface area contributed by atoms with Crippen molar-refractivity contribution in [1.82, 2.24) is 9.78 Å². The van der Waals surface area contributed by atoms with Gasteiger partial charge in [0, 0.05) is 6.07 Å². The van der Waals surface area contributed by atoms with Gasteiger partial charge in [-0.3, -0.25) is 4.79 Å². The molecule has 0 bridgehead atoms. The average Bonchev–Trinajstić information content (AvgIpc) is 3.01. The molecule has 0 radical (unpaired) electrons. The maximum atomic E-state index is 13.2. The molecule has 0 aliphatic carbocycles. The minimum Gasteiger partial charge on any atom is -0.496 e. The molecule has 0 saturated heterocycles. The van der Waals surface area contributed by atoms with Crippen LogP contribution in [-0.2, 0) is 0 Å². The van der Waals surface area contributed by atoms with Gasteiger partial charge in [-0.05, 0) is 43.3 Å². The fourth-order valence-electron chi connectivity index (χ4n) is 2.62. The summed E-state index contributed by atoms with van der Waals surface area (Å²) in [7, 11) is 2.97. The Hall–Kier alpha value is -3.35. The van der Waals surface area contributed by atoms with Gasteiger partial charge >= 0.3 is 0 Å². The molecule has 1 amide bonds. The first kappa shape index (κ1) is 17.5. The van der Waals surface area contributed by atoms with Crippen LogP contribution < -0.4 is 14.8 Å². The van der Waals surface area contributed by atoms with Gasteiger partial charge in [0.2, 0.25) is 0 Å². The number of nitrogens with one attached hydrogen (secondary N) is 1. The third kappa shape index (κ3) is 3.37. The quantitative estimate of drug-likeness (QED) is 0.760. The number of aryl methyl sites for hydroxylation is 1. The number of aromatic nitrogens is 2. The molecule has 3 aromatic rings. The summed E-state index contributed by atoms with van der Waals surface area (Å²) in [5, 5.41) is 7.18. The molecule has 2 aromatic carbocycles. The fourth-order valence-corrected chi connectivity index (χ4v) is 2.62. The minimum atomic E-state index is -0.400. The topological polar surface area (TPSA) is 65.4 Å². The van der Waals surface area contributed by atoms with E-state index in [4.69, 9.17) is 9.47 Å². The molecule has 1 N–H and O–H groups in total. The number of anilines is 1. The standard InChI is InChI=1S/C19H18FN3O3/c1-12-11-17(23(22-12)14-9-7-13(20)8-10-14)21-19(24)18-15(25-2)5-4-6-16(18)26-3/h4-11H,1-3H3,(H,21,24). The Kier molecular flexibility index (Phi) is 4.88. The van der Waals surface area contributed by atoms with E-state index >= 15 is 0 Å². The second kappa shape index (κ2) is 7.26. The Labute approximate surface area is 150 Å². The molecule has 0 fully saturated rings. The number of hydrogen-bond acceptors (Lipinski definition) is 4. The zero-order chi connectivity index (χ0) is 18.7. The average molecular weight is 355 g/mol. The molecule has 0 aliphatic heterocycles. The van der Waals surface area contributed by atoms with Gasteiger partial charge in [0.05, 0.1) is 25.6 Å². The second-order valence-electron chi connectivity index (χ2n) is 5.55. The second-order valence-corrected chi connectivity index (χ2v) is 5.55. The SMILES string of the molecule is COc1cccc(OC)c1C(=O)Nc1cc(C)nn1-c1ccc(F)cc1. The van der Waals surface area contributed by atoms with Crippen LogP contribution in [0.25, 0.3) is 5.69 Å². The van der Waals surface area contributed by atoms with Gasteiger partial charge in [0.15, 0.2) is 0 Å².